The van der Waals surface area contributed by atoms with Crippen LogP contribution in [0.2, 0.25) is 0 Å². The molecule has 16 heavy (non-hydrogen) atoms. The summed E-state index contributed by atoms with van der Waals surface area (Å²) in [6.45, 7) is 10.6. The van der Waals surface area contributed by atoms with Crippen LogP contribution in [0.25, 0.3) is 0 Å². The number of alkyl carbamates (subject to hydrolysis) is 1. The molecule has 0 aromatic rings. The highest BCUT2D eigenvalue weighted by atomic mass is 16.5. The van der Waals surface area contributed by atoms with Gasteiger partial charge in [0.25, 0.3) is 0 Å². The second-order valence-corrected chi connectivity index (χ2v) is 5.86. The van der Waals surface area contributed by atoms with Gasteiger partial charge in [0.05, 0.1) is 6.61 Å². The van der Waals surface area contributed by atoms with Crippen molar-refractivity contribution < 1.29 is 9.53 Å². The molecule has 0 spiro atoms. The first-order valence-corrected chi connectivity index (χ1v) is 6.02. The van der Waals surface area contributed by atoms with Gasteiger partial charge in [0.15, 0.2) is 0 Å². The summed E-state index contributed by atoms with van der Waals surface area (Å²) >= 11 is 0. The summed E-state index contributed by atoms with van der Waals surface area (Å²) in [4.78, 5) is 11.5. The Morgan fingerprint density at radius 3 is 2.75 bits per heavy atom. The topological polar surface area (TPSA) is 50.4 Å². The van der Waals surface area contributed by atoms with Gasteiger partial charge in [-0.15, -0.1) is 0 Å². The molecule has 4 nitrogen and oxygen atoms in total. The first-order chi connectivity index (χ1) is 7.38. The lowest BCUT2D eigenvalue weighted by Crippen LogP contribution is -2.50. The fourth-order valence-corrected chi connectivity index (χ4v) is 1.66. The second-order valence-electron chi connectivity index (χ2n) is 5.86. The van der Waals surface area contributed by atoms with Crippen molar-refractivity contribution in [2.75, 3.05) is 19.7 Å². The van der Waals surface area contributed by atoms with Crippen molar-refractivity contribution >= 4 is 6.09 Å². The van der Waals surface area contributed by atoms with Gasteiger partial charge in [-0.05, 0) is 24.3 Å². The van der Waals surface area contributed by atoms with E-state index in [2.05, 4.69) is 17.6 Å². The molecule has 0 aromatic carbocycles. The van der Waals surface area contributed by atoms with Gasteiger partial charge in [0.2, 0.25) is 0 Å². The van der Waals surface area contributed by atoms with Crippen LogP contribution in [-0.2, 0) is 4.74 Å². The van der Waals surface area contributed by atoms with Gasteiger partial charge >= 0.3 is 6.09 Å². The Kier molecular flexibility index (Phi) is 4.59. The van der Waals surface area contributed by atoms with Crippen molar-refractivity contribution in [3.8, 4) is 0 Å². The highest BCUT2D eigenvalue weighted by Gasteiger charge is 2.23. The normalized spacial score (nSPS) is 26.2. The Morgan fingerprint density at radius 1 is 1.50 bits per heavy atom. The van der Waals surface area contributed by atoms with Crippen LogP contribution < -0.4 is 10.6 Å². The van der Waals surface area contributed by atoms with Crippen molar-refractivity contribution in [3.05, 3.63) is 0 Å². The summed E-state index contributed by atoms with van der Waals surface area (Å²) in [6, 6.07) is 0.196. The minimum Gasteiger partial charge on any atom is -0.449 e. The average Bonchev–Trinajstić information content (AvgIpc) is 2.18. The molecule has 1 heterocycles. The van der Waals surface area contributed by atoms with E-state index in [0.717, 1.165) is 19.5 Å². The number of hydrogen-bond donors (Lipinski definition) is 2. The van der Waals surface area contributed by atoms with E-state index < -0.39 is 0 Å². The third-order valence-electron chi connectivity index (χ3n) is 2.77. The fourth-order valence-electron chi connectivity index (χ4n) is 1.66. The summed E-state index contributed by atoms with van der Waals surface area (Å²) in [6.07, 6.45) is 0.806. The highest BCUT2D eigenvalue weighted by molar-refractivity contribution is 5.67. The standard InChI is InChI=1S/C12H24N2O2/c1-9-5-6-13-7-10(9)14-11(15)16-8-12(2,3)4/h9-10,13H,5-8H2,1-4H3,(H,14,15)/t9-,10+/m0/s1. The van der Waals surface area contributed by atoms with E-state index in [1.54, 1.807) is 0 Å². The number of piperidine rings is 1. The third-order valence-corrected chi connectivity index (χ3v) is 2.77. The van der Waals surface area contributed by atoms with E-state index in [0.29, 0.717) is 12.5 Å². The zero-order chi connectivity index (χ0) is 12.2. The smallest absolute Gasteiger partial charge is 0.407 e. The Bertz CT molecular complexity index is 236. The van der Waals surface area contributed by atoms with Crippen LogP contribution in [0, 0.1) is 11.3 Å². The van der Waals surface area contributed by atoms with Gasteiger partial charge in [-0.2, -0.15) is 0 Å². The molecule has 1 saturated heterocycles. The number of ether oxygens (including phenoxy) is 1. The van der Waals surface area contributed by atoms with E-state index >= 15 is 0 Å². The van der Waals surface area contributed by atoms with E-state index in [1.165, 1.54) is 0 Å². The largest absolute Gasteiger partial charge is 0.449 e. The molecule has 0 aliphatic carbocycles. The third kappa shape index (κ3) is 4.84. The minimum atomic E-state index is -0.296. The molecule has 0 saturated carbocycles. The Balaban J connectivity index is 2.28. The summed E-state index contributed by atoms with van der Waals surface area (Å²) in [5, 5.41) is 6.19. The number of amides is 1. The van der Waals surface area contributed by atoms with Gasteiger partial charge in [0, 0.05) is 12.6 Å². The van der Waals surface area contributed by atoms with Gasteiger partial charge in [-0.25, -0.2) is 4.79 Å². The van der Waals surface area contributed by atoms with E-state index in [4.69, 9.17) is 4.74 Å². The molecular formula is C12H24N2O2. The van der Waals surface area contributed by atoms with Crippen LogP contribution in [0.1, 0.15) is 34.1 Å². The van der Waals surface area contributed by atoms with Crippen molar-refractivity contribution in [1.29, 1.82) is 0 Å². The van der Waals surface area contributed by atoms with Crippen molar-refractivity contribution in [3.63, 3.8) is 0 Å². The molecule has 1 amide bonds. The number of nitrogens with one attached hydrogen (secondary N) is 2. The van der Waals surface area contributed by atoms with Gasteiger partial charge < -0.3 is 15.4 Å². The maximum Gasteiger partial charge on any atom is 0.407 e. The van der Waals surface area contributed by atoms with Crippen LogP contribution in [-0.4, -0.2) is 31.8 Å². The minimum absolute atomic E-state index is 0.0216. The van der Waals surface area contributed by atoms with Crippen molar-refractivity contribution in [2.45, 2.75) is 40.2 Å². The Morgan fingerprint density at radius 2 is 2.19 bits per heavy atom. The first kappa shape index (κ1) is 13.3. The lowest BCUT2D eigenvalue weighted by atomic mass is 9.95. The molecule has 4 heteroatoms. The van der Waals surface area contributed by atoms with E-state index in [9.17, 15) is 4.79 Å². The molecule has 1 rings (SSSR count). The van der Waals surface area contributed by atoms with Crippen LogP contribution in [0.4, 0.5) is 4.79 Å². The molecule has 0 unspecified atom stereocenters. The van der Waals surface area contributed by atoms with Crippen molar-refractivity contribution in [1.82, 2.24) is 10.6 Å². The van der Waals surface area contributed by atoms with Crippen LogP contribution in [0.5, 0.6) is 0 Å². The zero-order valence-electron chi connectivity index (χ0n) is 10.8. The number of carbonyl (C=O) groups excluding carboxylic acids is 1. The van der Waals surface area contributed by atoms with Crippen LogP contribution in [0.15, 0.2) is 0 Å². The maximum atomic E-state index is 11.5. The predicted octanol–water partition coefficient (Wildman–Crippen LogP) is 1.76. The fraction of sp³-hybridized carbons (Fsp3) is 0.917. The lowest BCUT2D eigenvalue weighted by Gasteiger charge is -2.30. The van der Waals surface area contributed by atoms with E-state index in [1.807, 2.05) is 20.8 Å². The average molecular weight is 228 g/mol. The molecule has 0 bridgehead atoms. The number of carbonyl (C=O) groups is 1. The Labute approximate surface area is 98.1 Å². The molecular weight excluding hydrogens is 204 g/mol. The Hall–Kier alpha value is -0.770. The van der Waals surface area contributed by atoms with Gasteiger partial charge in [0.1, 0.15) is 0 Å². The van der Waals surface area contributed by atoms with Crippen molar-refractivity contribution in [2.24, 2.45) is 11.3 Å². The molecule has 2 N–H and O–H groups in total. The van der Waals surface area contributed by atoms with Crippen LogP contribution >= 0.6 is 0 Å². The summed E-state index contributed by atoms with van der Waals surface area (Å²) in [7, 11) is 0. The predicted molar refractivity (Wildman–Crippen MR) is 64.4 cm³/mol. The molecule has 1 aliphatic heterocycles. The highest BCUT2D eigenvalue weighted by Crippen LogP contribution is 2.14. The van der Waals surface area contributed by atoms with E-state index in [-0.39, 0.29) is 17.6 Å². The monoisotopic (exact) mass is 228 g/mol. The molecule has 1 fully saturated rings. The quantitative estimate of drug-likeness (QED) is 0.757. The molecule has 0 aromatic heterocycles. The summed E-state index contributed by atoms with van der Waals surface area (Å²) in [5.74, 6) is 0.517. The molecule has 0 radical (unpaired) electrons. The number of rotatable bonds is 2. The molecule has 2 atom stereocenters. The number of hydrogen-bond acceptors (Lipinski definition) is 3. The summed E-state index contributed by atoms with van der Waals surface area (Å²) < 4.78 is 5.18. The summed E-state index contributed by atoms with van der Waals surface area (Å²) in [5.41, 5.74) is 0.0216. The lowest BCUT2D eigenvalue weighted by molar-refractivity contribution is 0.0992. The molecule has 1 aliphatic rings. The van der Waals surface area contributed by atoms with Gasteiger partial charge in [-0.1, -0.05) is 27.7 Å². The first-order valence-electron chi connectivity index (χ1n) is 6.02. The SMILES string of the molecule is C[C@H]1CCNC[C@H]1NC(=O)OCC(C)(C)C. The van der Waals surface area contributed by atoms with Crippen LogP contribution in [0.3, 0.4) is 0 Å². The van der Waals surface area contributed by atoms with Gasteiger partial charge in [-0.3, -0.25) is 0 Å². The second kappa shape index (κ2) is 5.53. The molecule has 94 valence electrons. The maximum absolute atomic E-state index is 11.5. The zero-order valence-corrected chi connectivity index (χ0v) is 10.8.